The van der Waals surface area contributed by atoms with Crippen molar-refractivity contribution in [2.24, 2.45) is 5.92 Å². The Hall–Kier alpha value is -2.26. The van der Waals surface area contributed by atoms with Gasteiger partial charge in [0.15, 0.2) is 5.78 Å². The van der Waals surface area contributed by atoms with Gasteiger partial charge in [-0.2, -0.15) is 4.31 Å². The Labute approximate surface area is 172 Å². The molecule has 1 aliphatic heterocycles. The van der Waals surface area contributed by atoms with Gasteiger partial charge in [0.05, 0.1) is 11.4 Å². The third-order valence-corrected chi connectivity index (χ3v) is 6.75. The van der Waals surface area contributed by atoms with Crippen molar-refractivity contribution in [1.29, 1.82) is 0 Å². The maximum atomic E-state index is 12.8. The monoisotopic (exact) mass is 423 g/mol. The molecule has 8 nitrogen and oxygen atoms in total. The van der Waals surface area contributed by atoms with Crippen molar-refractivity contribution in [3.05, 3.63) is 29.8 Å². The van der Waals surface area contributed by atoms with Crippen LogP contribution in [0.4, 0.5) is 0 Å². The minimum atomic E-state index is -3.74. The first-order chi connectivity index (χ1) is 13.6. The molecular formula is C20H29N3O5S. The third-order valence-electron chi connectivity index (χ3n) is 4.86. The molecule has 160 valence electrons. The van der Waals surface area contributed by atoms with Gasteiger partial charge in [-0.05, 0) is 31.4 Å². The molecule has 0 aliphatic carbocycles. The molecular weight excluding hydrogens is 394 g/mol. The van der Waals surface area contributed by atoms with E-state index in [1.807, 2.05) is 13.8 Å². The Balaban J connectivity index is 1.89. The van der Waals surface area contributed by atoms with E-state index in [4.69, 9.17) is 0 Å². The second-order valence-corrected chi connectivity index (χ2v) is 9.52. The number of sulfonamides is 1. The highest BCUT2D eigenvalue weighted by molar-refractivity contribution is 7.89. The first kappa shape index (κ1) is 23.0. The Bertz CT molecular complexity index is 859. The first-order valence-corrected chi connectivity index (χ1v) is 11.2. The molecule has 1 saturated heterocycles. The topological polar surface area (TPSA) is 104 Å². The smallest absolute Gasteiger partial charge is 0.243 e. The van der Waals surface area contributed by atoms with Gasteiger partial charge in [0.1, 0.15) is 0 Å². The van der Waals surface area contributed by atoms with Crippen LogP contribution >= 0.6 is 0 Å². The summed E-state index contributed by atoms with van der Waals surface area (Å²) in [6.07, 6.45) is 1.15. The van der Waals surface area contributed by atoms with Crippen LogP contribution in [0.5, 0.6) is 0 Å². The molecule has 0 radical (unpaired) electrons. The van der Waals surface area contributed by atoms with E-state index in [-0.39, 0.29) is 55.2 Å². The standard InChI is InChI=1S/C20H29N3O5S/c1-15(2)7-8-19(25)21-14-20(26)22-9-11-23(12-10-22)29(27,28)18-6-4-5-17(13-18)16(3)24/h4-6,13,15H,7-12,14H2,1-3H3,(H,21,25). The van der Waals surface area contributed by atoms with Gasteiger partial charge in [0.2, 0.25) is 21.8 Å². The molecule has 29 heavy (non-hydrogen) atoms. The minimum Gasteiger partial charge on any atom is -0.347 e. The van der Waals surface area contributed by atoms with E-state index in [1.54, 1.807) is 17.0 Å². The van der Waals surface area contributed by atoms with Gasteiger partial charge in [-0.1, -0.05) is 26.0 Å². The van der Waals surface area contributed by atoms with Crippen molar-refractivity contribution < 1.29 is 22.8 Å². The minimum absolute atomic E-state index is 0.0717. The second kappa shape index (κ2) is 9.98. The van der Waals surface area contributed by atoms with Crippen LogP contribution in [0.25, 0.3) is 0 Å². The summed E-state index contributed by atoms with van der Waals surface area (Å²) in [6, 6.07) is 5.96. The summed E-state index contributed by atoms with van der Waals surface area (Å²) in [6.45, 7) is 6.21. The quantitative estimate of drug-likeness (QED) is 0.634. The summed E-state index contributed by atoms with van der Waals surface area (Å²) < 4.78 is 27.0. The zero-order chi connectivity index (χ0) is 21.6. The predicted octanol–water partition coefficient (Wildman–Crippen LogP) is 1.27. The molecule has 0 unspecified atom stereocenters. The highest BCUT2D eigenvalue weighted by atomic mass is 32.2. The normalized spacial score (nSPS) is 15.4. The molecule has 0 saturated carbocycles. The molecule has 0 spiro atoms. The lowest BCUT2D eigenvalue weighted by Gasteiger charge is -2.34. The second-order valence-electron chi connectivity index (χ2n) is 7.58. The molecule has 2 amide bonds. The zero-order valence-corrected chi connectivity index (χ0v) is 18.0. The van der Waals surface area contributed by atoms with Gasteiger partial charge < -0.3 is 10.2 Å². The number of carbonyl (C=O) groups excluding carboxylic acids is 3. The number of nitrogens with zero attached hydrogens (tertiary/aromatic N) is 2. The first-order valence-electron chi connectivity index (χ1n) is 9.77. The lowest BCUT2D eigenvalue weighted by Crippen LogP contribution is -2.52. The summed E-state index contributed by atoms with van der Waals surface area (Å²) >= 11 is 0. The highest BCUT2D eigenvalue weighted by Gasteiger charge is 2.30. The lowest BCUT2D eigenvalue weighted by molar-refractivity contribution is -0.133. The van der Waals surface area contributed by atoms with Crippen LogP contribution in [0.3, 0.4) is 0 Å². The fourth-order valence-electron chi connectivity index (χ4n) is 3.00. The number of hydrogen-bond donors (Lipinski definition) is 1. The number of benzene rings is 1. The highest BCUT2D eigenvalue weighted by Crippen LogP contribution is 2.19. The van der Waals surface area contributed by atoms with Crippen LogP contribution in [0.2, 0.25) is 0 Å². The molecule has 1 aromatic rings. The molecule has 1 aliphatic rings. The summed E-state index contributed by atoms with van der Waals surface area (Å²) in [5, 5.41) is 2.63. The molecule has 2 rings (SSSR count). The summed E-state index contributed by atoms with van der Waals surface area (Å²) in [7, 11) is -3.74. The molecule has 0 bridgehead atoms. The number of piperazine rings is 1. The van der Waals surface area contributed by atoms with Crippen molar-refractivity contribution >= 4 is 27.6 Å². The maximum Gasteiger partial charge on any atom is 0.243 e. The van der Waals surface area contributed by atoms with Crippen molar-refractivity contribution in [2.45, 2.75) is 38.5 Å². The number of Topliss-reactive ketones (excluding diaryl/α,β-unsaturated/α-hetero) is 1. The van der Waals surface area contributed by atoms with Crippen molar-refractivity contribution in [1.82, 2.24) is 14.5 Å². The van der Waals surface area contributed by atoms with Crippen LogP contribution in [0.15, 0.2) is 29.2 Å². The maximum absolute atomic E-state index is 12.8. The van der Waals surface area contributed by atoms with Crippen molar-refractivity contribution in [3.8, 4) is 0 Å². The molecule has 1 N–H and O–H groups in total. The number of nitrogens with one attached hydrogen (secondary N) is 1. The summed E-state index contributed by atoms with van der Waals surface area (Å²) in [5.74, 6) is -0.160. The number of amides is 2. The average molecular weight is 424 g/mol. The lowest BCUT2D eigenvalue weighted by atomic mass is 10.1. The fourth-order valence-corrected chi connectivity index (χ4v) is 4.47. The van der Waals surface area contributed by atoms with E-state index in [1.165, 1.54) is 23.4 Å². The number of hydrogen-bond acceptors (Lipinski definition) is 5. The van der Waals surface area contributed by atoms with Crippen molar-refractivity contribution in [3.63, 3.8) is 0 Å². The Morgan fingerprint density at radius 2 is 1.76 bits per heavy atom. The van der Waals surface area contributed by atoms with Gasteiger partial charge in [0, 0.05) is 38.2 Å². The molecule has 1 heterocycles. The summed E-state index contributed by atoms with van der Waals surface area (Å²) in [4.78, 5) is 37.2. The van der Waals surface area contributed by atoms with E-state index in [9.17, 15) is 22.8 Å². The molecule has 9 heteroatoms. The fraction of sp³-hybridized carbons (Fsp3) is 0.550. The number of rotatable bonds is 8. The zero-order valence-electron chi connectivity index (χ0n) is 17.2. The van der Waals surface area contributed by atoms with E-state index >= 15 is 0 Å². The van der Waals surface area contributed by atoms with Gasteiger partial charge in [-0.25, -0.2) is 8.42 Å². The van der Waals surface area contributed by atoms with E-state index in [0.717, 1.165) is 6.42 Å². The van der Waals surface area contributed by atoms with Gasteiger partial charge in [-0.15, -0.1) is 0 Å². The van der Waals surface area contributed by atoms with Crippen LogP contribution in [0, 0.1) is 5.92 Å². The van der Waals surface area contributed by atoms with Crippen LogP contribution < -0.4 is 5.32 Å². The van der Waals surface area contributed by atoms with E-state index in [2.05, 4.69) is 5.32 Å². The predicted molar refractivity (Wildman–Crippen MR) is 109 cm³/mol. The molecule has 1 aromatic carbocycles. The Morgan fingerprint density at radius 3 is 2.34 bits per heavy atom. The third kappa shape index (κ3) is 6.37. The van der Waals surface area contributed by atoms with Gasteiger partial charge in [0.25, 0.3) is 0 Å². The van der Waals surface area contributed by atoms with E-state index in [0.29, 0.717) is 17.9 Å². The van der Waals surface area contributed by atoms with Crippen molar-refractivity contribution in [2.75, 3.05) is 32.7 Å². The van der Waals surface area contributed by atoms with Gasteiger partial charge >= 0.3 is 0 Å². The van der Waals surface area contributed by atoms with E-state index < -0.39 is 10.0 Å². The van der Waals surface area contributed by atoms with Crippen LogP contribution in [-0.4, -0.2) is 67.9 Å². The number of carbonyl (C=O) groups is 3. The Morgan fingerprint density at radius 1 is 1.10 bits per heavy atom. The largest absolute Gasteiger partial charge is 0.347 e. The van der Waals surface area contributed by atoms with Crippen LogP contribution in [0.1, 0.15) is 44.0 Å². The van der Waals surface area contributed by atoms with Crippen LogP contribution in [-0.2, 0) is 19.6 Å². The number of ketones is 1. The molecule has 1 fully saturated rings. The molecule has 0 atom stereocenters. The SMILES string of the molecule is CC(=O)c1cccc(S(=O)(=O)N2CCN(C(=O)CNC(=O)CCC(C)C)CC2)c1. The molecule has 0 aromatic heterocycles. The summed E-state index contributed by atoms with van der Waals surface area (Å²) in [5.41, 5.74) is 0.341. The van der Waals surface area contributed by atoms with Gasteiger partial charge in [-0.3, -0.25) is 14.4 Å². The average Bonchev–Trinajstić information content (AvgIpc) is 2.70. The Kier molecular flexibility index (Phi) is 7.92.